The van der Waals surface area contributed by atoms with Gasteiger partial charge in [0.2, 0.25) is 0 Å². The zero-order valence-electron chi connectivity index (χ0n) is 29.4. The minimum Gasteiger partial charge on any atom is -0.466 e. The number of hydrogen-bond donors (Lipinski definition) is 0. The highest BCUT2D eigenvalue weighted by Crippen LogP contribution is 2.75. The Bertz CT molecular complexity index is 1540. The van der Waals surface area contributed by atoms with Crippen LogP contribution in [0.4, 0.5) is 0 Å². The quantitative estimate of drug-likeness (QED) is 0.240. The highest BCUT2D eigenvalue weighted by Gasteiger charge is 2.70. The summed E-state index contributed by atoms with van der Waals surface area (Å²) in [6, 6.07) is 9.75. The van der Waals surface area contributed by atoms with E-state index in [0.717, 1.165) is 69.1 Å². The average molecular weight is 627 g/mol. The number of fused-ring (bicyclic) bond motifs is 7. The van der Waals surface area contributed by atoms with Gasteiger partial charge in [0.25, 0.3) is 0 Å². The number of esters is 1. The number of ether oxygens (including phenoxy) is 1. The van der Waals surface area contributed by atoms with Crippen LogP contribution in [0.15, 0.2) is 41.1 Å². The molecule has 6 rings (SSSR count). The molecule has 248 valence electrons. The third-order valence-electron chi connectivity index (χ3n) is 14.7. The number of ketones is 1. The normalized spacial score (nSPS) is 42.0. The molecule has 0 aromatic heterocycles. The molecular formula is C40H54N2O4. The summed E-state index contributed by atoms with van der Waals surface area (Å²) in [5, 5.41) is 14.2. The zero-order chi connectivity index (χ0) is 33.3. The molecule has 5 aliphatic carbocycles. The van der Waals surface area contributed by atoms with Gasteiger partial charge >= 0.3 is 5.97 Å². The summed E-state index contributed by atoms with van der Waals surface area (Å²) in [4.78, 5) is 33.8. The number of nitriles is 1. The summed E-state index contributed by atoms with van der Waals surface area (Å²) in [6.07, 6.45) is 10.7. The highest BCUT2D eigenvalue weighted by molar-refractivity contribution is 5.97. The van der Waals surface area contributed by atoms with Crippen molar-refractivity contribution in [3.8, 4) is 6.07 Å². The number of carbonyl (C=O) groups is 2. The van der Waals surface area contributed by atoms with E-state index in [9.17, 15) is 14.9 Å². The second kappa shape index (κ2) is 11.1. The molecule has 6 heteroatoms. The second-order valence-corrected chi connectivity index (χ2v) is 17.3. The molecule has 0 saturated heterocycles. The number of hydrogen-bond acceptors (Lipinski definition) is 6. The van der Waals surface area contributed by atoms with Gasteiger partial charge in [-0.1, -0.05) is 70.5 Å². The molecule has 0 radical (unpaired) electrons. The lowest BCUT2D eigenvalue weighted by molar-refractivity contribution is -0.177. The van der Waals surface area contributed by atoms with Crippen molar-refractivity contribution in [3.05, 3.63) is 47.0 Å². The van der Waals surface area contributed by atoms with Crippen LogP contribution in [0.25, 0.3) is 0 Å². The van der Waals surface area contributed by atoms with Crippen LogP contribution in [-0.2, 0) is 25.8 Å². The van der Waals surface area contributed by atoms with Crippen molar-refractivity contribution in [3.63, 3.8) is 0 Å². The lowest BCUT2D eigenvalue weighted by Gasteiger charge is -2.70. The van der Waals surface area contributed by atoms with Crippen LogP contribution in [0.2, 0.25) is 0 Å². The molecule has 0 unspecified atom stereocenters. The maximum Gasteiger partial charge on any atom is 0.311 e. The Morgan fingerprint density at radius 3 is 2.43 bits per heavy atom. The smallest absolute Gasteiger partial charge is 0.311 e. The Kier molecular flexibility index (Phi) is 7.93. The molecule has 4 fully saturated rings. The molecule has 5 aliphatic rings. The maximum atomic E-state index is 14.7. The molecule has 6 nitrogen and oxygen atoms in total. The van der Waals surface area contributed by atoms with E-state index in [2.05, 4.69) is 60.6 Å². The van der Waals surface area contributed by atoms with E-state index in [1.807, 2.05) is 31.2 Å². The number of rotatable bonds is 5. The third-order valence-corrected chi connectivity index (χ3v) is 14.7. The standard InChI is InChI=1S/C40H54N2O4/c1-9-45-34(44)37(5)19-18-36(4)20-21-39(7)28(29(36)23-37)22-30(43)33-38(6)16-15-32(35(2,3)31(38)14-17-40(33,39)8)42-46-25-27-13-11-10-12-26(27)24-41/h10-13,22,29,31,33H,9,14-21,23,25H2,1-8H3/b42-32+/t29-,31-,33+,36+,37-,38-,39+,40+/m0/s1. The molecule has 0 N–H and O–H groups in total. The van der Waals surface area contributed by atoms with Crippen molar-refractivity contribution < 1.29 is 19.2 Å². The van der Waals surface area contributed by atoms with E-state index >= 15 is 0 Å². The van der Waals surface area contributed by atoms with Crippen molar-refractivity contribution in [1.29, 1.82) is 5.26 Å². The van der Waals surface area contributed by atoms with Gasteiger partial charge in [0.05, 0.1) is 29.4 Å². The first-order valence-electron chi connectivity index (χ1n) is 17.7. The van der Waals surface area contributed by atoms with Gasteiger partial charge in [-0.2, -0.15) is 5.26 Å². The fourth-order valence-electron chi connectivity index (χ4n) is 11.6. The summed E-state index contributed by atoms with van der Waals surface area (Å²) in [6.45, 7) is 18.9. The van der Waals surface area contributed by atoms with Crippen LogP contribution in [0, 0.1) is 61.6 Å². The SMILES string of the molecule is CCOC(=O)[C@@]1(C)CC[C@]2(C)CC[C@]3(C)C(=CC(=O)[C@@H]4[C@@]5(C)CC/C(=N\OCc6ccccc6C#N)C(C)(C)[C@@H]5CC[C@]43C)[C@@H]2C1. The van der Waals surface area contributed by atoms with E-state index in [1.165, 1.54) is 5.57 Å². The van der Waals surface area contributed by atoms with Crippen molar-refractivity contribution >= 4 is 17.5 Å². The molecule has 8 atom stereocenters. The van der Waals surface area contributed by atoms with Crippen LogP contribution in [-0.4, -0.2) is 24.1 Å². The fourth-order valence-corrected chi connectivity index (χ4v) is 11.6. The number of allylic oxidation sites excluding steroid dienone is 2. The summed E-state index contributed by atoms with van der Waals surface area (Å²) in [5.41, 5.74) is 2.82. The lowest BCUT2D eigenvalue weighted by atomic mass is 9.33. The summed E-state index contributed by atoms with van der Waals surface area (Å²) < 4.78 is 5.59. The van der Waals surface area contributed by atoms with E-state index in [4.69, 9.17) is 14.7 Å². The van der Waals surface area contributed by atoms with Crippen molar-refractivity contribution in [1.82, 2.24) is 0 Å². The van der Waals surface area contributed by atoms with E-state index in [0.29, 0.717) is 23.9 Å². The summed E-state index contributed by atoms with van der Waals surface area (Å²) in [5.74, 6) is 0.686. The van der Waals surface area contributed by atoms with Crippen molar-refractivity contribution in [2.24, 2.45) is 55.4 Å². The van der Waals surface area contributed by atoms with Gasteiger partial charge < -0.3 is 9.57 Å². The minimum atomic E-state index is -0.508. The molecule has 0 bridgehead atoms. The molecule has 0 amide bonds. The number of nitrogens with zero attached hydrogens (tertiary/aromatic N) is 2. The molecule has 1 aromatic carbocycles. The van der Waals surface area contributed by atoms with Crippen LogP contribution in [0.5, 0.6) is 0 Å². The maximum absolute atomic E-state index is 14.7. The predicted molar refractivity (Wildman–Crippen MR) is 179 cm³/mol. The Labute approximate surface area is 276 Å². The van der Waals surface area contributed by atoms with Crippen molar-refractivity contribution in [2.45, 2.75) is 120 Å². The summed E-state index contributed by atoms with van der Waals surface area (Å²) in [7, 11) is 0. The van der Waals surface area contributed by atoms with Gasteiger partial charge in [0.1, 0.15) is 6.61 Å². The topological polar surface area (TPSA) is 88.8 Å². The molecule has 1 aromatic rings. The second-order valence-electron chi connectivity index (χ2n) is 17.3. The van der Waals surface area contributed by atoms with E-state index < -0.39 is 5.41 Å². The first kappa shape index (κ1) is 33.0. The van der Waals surface area contributed by atoms with Crippen LogP contribution >= 0.6 is 0 Å². The number of carbonyl (C=O) groups excluding carboxylic acids is 2. The van der Waals surface area contributed by atoms with Crippen molar-refractivity contribution in [2.75, 3.05) is 6.61 Å². The molecular weight excluding hydrogens is 572 g/mol. The van der Waals surface area contributed by atoms with Gasteiger partial charge in [-0.05, 0) is 117 Å². The molecule has 0 aliphatic heterocycles. The third kappa shape index (κ3) is 4.65. The average Bonchev–Trinajstić information content (AvgIpc) is 3.00. The Morgan fingerprint density at radius 1 is 1.00 bits per heavy atom. The van der Waals surface area contributed by atoms with Crippen LogP contribution in [0.1, 0.15) is 124 Å². The Balaban J connectivity index is 1.31. The number of oxime groups is 1. The highest BCUT2D eigenvalue weighted by atomic mass is 16.6. The van der Waals surface area contributed by atoms with Crippen LogP contribution < -0.4 is 0 Å². The first-order valence-corrected chi connectivity index (χ1v) is 17.7. The predicted octanol–water partition coefficient (Wildman–Crippen LogP) is 8.97. The van der Waals surface area contributed by atoms with Gasteiger partial charge in [0, 0.05) is 16.9 Å². The monoisotopic (exact) mass is 626 g/mol. The van der Waals surface area contributed by atoms with Gasteiger partial charge in [0.15, 0.2) is 5.78 Å². The number of benzene rings is 1. The first-order chi connectivity index (χ1) is 21.6. The molecule has 46 heavy (non-hydrogen) atoms. The molecule has 0 spiro atoms. The van der Waals surface area contributed by atoms with Gasteiger partial charge in [-0.3, -0.25) is 9.59 Å². The summed E-state index contributed by atoms with van der Waals surface area (Å²) >= 11 is 0. The minimum absolute atomic E-state index is 0.0545. The molecule has 4 saturated carbocycles. The largest absolute Gasteiger partial charge is 0.466 e. The molecule has 0 heterocycles. The lowest BCUT2D eigenvalue weighted by Crippen LogP contribution is -2.66. The Hall–Kier alpha value is -2.94. The zero-order valence-corrected chi connectivity index (χ0v) is 29.4. The van der Waals surface area contributed by atoms with Crippen LogP contribution in [0.3, 0.4) is 0 Å². The van der Waals surface area contributed by atoms with Gasteiger partial charge in [-0.25, -0.2) is 0 Å². The Morgan fingerprint density at radius 2 is 1.72 bits per heavy atom. The van der Waals surface area contributed by atoms with Gasteiger partial charge in [-0.15, -0.1) is 0 Å². The fraction of sp³-hybridized carbons (Fsp3) is 0.700. The van der Waals surface area contributed by atoms with E-state index in [-0.39, 0.29) is 51.5 Å². The van der Waals surface area contributed by atoms with E-state index in [1.54, 1.807) is 0 Å².